The van der Waals surface area contributed by atoms with E-state index in [9.17, 15) is 17.6 Å². The van der Waals surface area contributed by atoms with Gasteiger partial charge in [0.2, 0.25) is 0 Å². The molecule has 1 rings (SSSR count). The summed E-state index contributed by atoms with van der Waals surface area (Å²) in [4.78, 5) is 0. The average molecular weight is 247 g/mol. The molecule has 0 aliphatic rings. The van der Waals surface area contributed by atoms with Gasteiger partial charge in [0.15, 0.2) is 0 Å². The van der Waals surface area contributed by atoms with Crippen molar-refractivity contribution in [2.75, 3.05) is 0 Å². The summed E-state index contributed by atoms with van der Waals surface area (Å²) in [5.41, 5.74) is 4.71. The second-order valence-electron chi connectivity index (χ2n) is 3.71. The van der Waals surface area contributed by atoms with E-state index < -0.39 is 23.6 Å². The first-order valence-corrected chi connectivity index (χ1v) is 5.09. The van der Waals surface area contributed by atoms with Crippen LogP contribution in [-0.2, 0) is 6.18 Å². The number of benzene rings is 1. The molecule has 0 radical (unpaired) electrons. The van der Waals surface area contributed by atoms with Crippen LogP contribution in [0.1, 0.15) is 30.0 Å². The molecular formula is C12H13F4N. The molecule has 0 spiro atoms. The lowest BCUT2D eigenvalue weighted by molar-refractivity contribution is -0.140. The van der Waals surface area contributed by atoms with Crippen LogP contribution in [0, 0.1) is 5.82 Å². The monoisotopic (exact) mass is 247 g/mol. The number of nitrogens with two attached hydrogens (primary N) is 1. The van der Waals surface area contributed by atoms with E-state index in [0.29, 0.717) is 12.8 Å². The summed E-state index contributed by atoms with van der Waals surface area (Å²) in [5, 5.41) is 0. The van der Waals surface area contributed by atoms with Gasteiger partial charge in [0.05, 0.1) is 5.56 Å². The molecule has 5 heteroatoms. The molecule has 0 aromatic heterocycles. The Bertz CT molecular complexity index is 398. The lowest BCUT2D eigenvalue weighted by Crippen LogP contribution is -2.14. The second-order valence-corrected chi connectivity index (χ2v) is 3.71. The highest BCUT2D eigenvalue weighted by molar-refractivity contribution is 5.29. The molecule has 1 aromatic rings. The molecular weight excluding hydrogens is 234 g/mol. The summed E-state index contributed by atoms with van der Waals surface area (Å²) >= 11 is 0. The summed E-state index contributed by atoms with van der Waals surface area (Å²) in [6.45, 7) is 3.50. The molecule has 2 N–H and O–H groups in total. The molecule has 1 aromatic carbocycles. The molecule has 94 valence electrons. The summed E-state index contributed by atoms with van der Waals surface area (Å²) in [6.07, 6.45) is -1.99. The minimum absolute atomic E-state index is 0.278. The SMILES string of the molecule is C=CCC[C@@H](N)c1ccc(F)c(C(F)(F)F)c1. The Balaban J connectivity index is 3.00. The maximum absolute atomic E-state index is 13.0. The maximum atomic E-state index is 13.0. The highest BCUT2D eigenvalue weighted by atomic mass is 19.4. The number of halogens is 4. The van der Waals surface area contributed by atoms with Crippen molar-refractivity contribution in [3.05, 3.63) is 47.8 Å². The smallest absolute Gasteiger partial charge is 0.324 e. The van der Waals surface area contributed by atoms with Crippen molar-refractivity contribution in [2.24, 2.45) is 5.73 Å². The van der Waals surface area contributed by atoms with Crippen molar-refractivity contribution in [1.82, 2.24) is 0 Å². The maximum Gasteiger partial charge on any atom is 0.419 e. The zero-order valence-corrected chi connectivity index (χ0v) is 9.10. The summed E-state index contributed by atoms with van der Waals surface area (Å²) in [7, 11) is 0. The molecule has 0 saturated heterocycles. The first-order chi connectivity index (χ1) is 7.86. The zero-order chi connectivity index (χ0) is 13.1. The summed E-state index contributed by atoms with van der Waals surface area (Å²) in [5.74, 6) is -1.28. The van der Waals surface area contributed by atoms with E-state index >= 15 is 0 Å². The normalized spacial score (nSPS) is 13.5. The van der Waals surface area contributed by atoms with Crippen LogP contribution in [-0.4, -0.2) is 0 Å². The van der Waals surface area contributed by atoms with Gasteiger partial charge in [-0.25, -0.2) is 4.39 Å². The first-order valence-electron chi connectivity index (χ1n) is 5.09. The third kappa shape index (κ3) is 3.56. The van der Waals surface area contributed by atoms with Crippen LogP contribution in [0.15, 0.2) is 30.9 Å². The number of allylic oxidation sites excluding steroid dienone is 1. The summed E-state index contributed by atoms with van der Waals surface area (Å²) < 4.78 is 50.3. The molecule has 0 amide bonds. The van der Waals surface area contributed by atoms with Crippen molar-refractivity contribution in [3.8, 4) is 0 Å². The average Bonchev–Trinajstić information content (AvgIpc) is 2.25. The van der Waals surface area contributed by atoms with Crippen LogP contribution >= 0.6 is 0 Å². The molecule has 0 aliphatic carbocycles. The van der Waals surface area contributed by atoms with Crippen LogP contribution < -0.4 is 5.73 Å². The van der Waals surface area contributed by atoms with Crippen LogP contribution in [0.2, 0.25) is 0 Å². The van der Waals surface area contributed by atoms with E-state index in [4.69, 9.17) is 5.73 Å². The molecule has 0 bridgehead atoms. The molecule has 0 fully saturated rings. The fourth-order valence-corrected chi connectivity index (χ4v) is 1.45. The molecule has 0 unspecified atom stereocenters. The fraction of sp³-hybridized carbons (Fsp3) is 0.333. The van der Waals surface area contributed by atoms with Crippen LogP contribution in [0.5, 0.6) is 0 Å². The quantitative estimate of drug-likeness (QED) is 0.635. The van der Waals surface area contributed by atoms with Crippen LogP contribution in [0.25, 0.3) is 0 Å². The van der Waals surface area contributed by atoms with Gasteiger partial charge in [-0.2, -0.15) is 13.2 Å². The van der Waals surface area contributed by atoms with Crippen molar-refractivity contribution in [2.45, 2.75) is 25.1 Å². The van der Waals surface area contributed by atoms with E-state index in [1.807, 2.05) is 0 Å². The topological polar surface area (TPSA) is 26.0 Å². The zero-order valence-electron chi connectivity index (χ0n) is 9.10. The Labute approximate surface area is 96.9 Å². The van der Waals surface area contributed by atoms with Crippen LogP contribution in [0.3, 0.4) is 0 Å². The van der Waals surface area contributed by atoms with Crippen molar-refractivity contribution in [1.29, 1.82) is 0 Å². The molecule has 0 saturated carbocycles. The van der Waals surface area contributed by atoms with Gasteiger partial charge in [-0.1, -0.05) is 12.1 Å². The molecule has 17 heavy (non-hydrogen) atoms. The minimum Gasteiger partial charge on any atom is -0.324 e. The third-order valence-corrected chi connectivity index (χ3v) is 2.41. The van der Waals surface area contributed by atoms with E-state index in [1.165, 1.54) is 6.07 Å². The van der Waals surface area contributed by atoms with E-state index in [-0.39, 0.29) is 5.56 Å². The van der Waals surface area contributed by atoms with Gasteiger partial charge in [-0.15, -0.1) is 6.58 Å². The van der Waals surface area contributed by atoms with Gasteiger partial charge < -0.3 is 5.73 Å². The Kier molecular flexibility index (Phi) is 4.28. The van der Waals surface area contributed by atoms with Gasteiger partial charge >= 0.3 is 6.18 Å². The number of hydrogen-bond donors (Lipinski definition) is 1. The third-order valence-electron chi connectivity index (χ3n) is 2.41. The van der Waals surface area contributed by atoms with Gasteiger partial charge in [0.25, 0.3) is 0 Å². The Morgan fingerprint density at radius 1 is 1.35 bits per heavy atom. The standard InChI is InChI=1S/C12H13F4N/c1-2-3-4-11(17)8-5-6-10(13)9(7-8)12(14,15)16/h2,5-7,11H,1,3-4,17H2/t11-/m1/s1. The van der Waals surface area contributed by atoms with Crippen molar-refractivity contribution >= 4 is 0 Å². The van der Waals surface area contributed by atoms with E-state index in [2.05, 4.69) is 6.58 Å². The lowest BCUT2D eigenvalue weighted by atomic mass is 10.00. The highest BCUT2D eigenvalue weighted by Crippen LogP contribution is 2.33. The second kappa shape index (κ2) is 5.31. The fourth-order valence-electron chi connectivity index (χ4n) is 1.45. The first kappa shape index (κ1) is 13.7. The summed E-state index contributed by atoms with van der Waals surface area (Å²) in [6, 6.07) is 2.29. The van der Waals surface area contributed by atoms with Crippen molar-refractivity contribution in [3.63, 3.8) is 0 Å². The van der Waals surface area contributed by atoms with Gasteiger partial charge in [0, 0.05) is 6.04 Å². The van der Waals surface area contributed by atoms with Crippen LogP contribution in [0.4, 0.5) is 17.6 Å². The predicted octanol–water partition coefficient (Wildman–Crippen LogP) is 3.81. The van der Waals surface area contributed by atoms with E-state index in [0.717, 1.165) is 12.1 Å². The molecule has 1 atom stereocenters. The van der Waals surface area contributed by atoms with Gasteiger partial charge in [-0.05, 0) is 30.5 Å². The van der Waals surface area contributed by atoms with Gasteiger partial charge in [0.1, 0.15) is 5.82 Å². The largest absolute Gasteiger partial charge is 0.419 e. The number of alkyl halides is 3. The minimum atomic E-state index is -4.70. The Morgan fingerprint density at radius 2 is 2.00 bits per heavy atom. The number of rotatable bonds is 4. The number of hydrogen-bond acceptors (Lipinski definition) is 1. The predicted molar refractivity (Wildman–Crippen MR) is 57.8 cm³/mol. The highest BCUT2D eigenvalue weighted by Gasteiger charge is 2.34. The Hall–Kier alpha value is -1.36. The molecule has 1 nitrogen and oxygen atoms in total. The van der Waals surface area contributed by atoms with E-state index in [1.54, 1.807) is 6.08 Å². The van der Waals surface area contributed by atoms with Crippen molar-refractivity contribution < 1.29 is 17.6 Å². The molecule has 0 heterocycles. The molecule has 0 aliphatic heterocycles. The van der Waals surface area contributed by atoms with Gasteiger partial charge in [-0.3, -0.25) is 0 Å². The lowest BCUT2D eigenvalue weighted by Gasteiger charge is -2.14. The Morgan fingerprint density at radius 3 is 2.53 bits per heavy atom.